The zero-order chi connectivity index (χ0) is 19.7. The number of nitrogens with zero attached hydrogens (tertiary/aromatic N) is 2. The molecule has 4 unspecified atom stereocenters. The molecule has 0 N–H and O–H groups in total. The highest BCUT2D eigenvalue weighted by atomic mass is 127. The molecule has 29 heavy (non-hydrogen) atoms. The molecule has 7 heteroatoms. The van der Waals surface area contributed by atoms with E-state index in [1.165, 1.54) is 0 Å². The van der Waals surface area contributed by atoms with Crippen molar-refractivity contribution in [2.45, 2.75) is 63.1 Å². The third-order valence-electron chi connectivity index (χ3n) is 6.76. The number of carbonyl (C=O) groups is 1. The molecule has 2 fully saturated rings. The van der Waals surface area contributed by atoms with E-state index >= 15 is 0 Å². The van der Waals surface area contributed by atoms with Crippen LogP contribution < -0.4 is 10.2 Å². The molecule has 2 aromatic rings. The summed E-state index contributed by atoms with van der Waals surface area (Å²) in [7, 11) is 0. The lowest BCUT2D eigenvalue weighted by Gasteiger charge is -2.47. The Bertz CT molecular complexity index is 1070. The van der Waals surface area contributed by atoms with Crippen LogP contribution in [0.4, 0.5) is 0 Å². The van der Waals surface area contributed by atoms with Crippen molar-refractivity contribution in [3.63, 3.8) is 0 Å². The lowest BCUT2D eigenvalue weighted by molar-refractivity contribution is -0.147. The average Bonchev–Trinajstić information content (AvgIpc) is 3.34. The minimum Gasteiger partial charge on any atom is -0.483 e. The second-order valence-electron chi connectivity index (χ2n) is 8.35. The number of benzene rings is 1. The number of pyridine rings is 1. The Balaban J connectivity index is 1.48. The molecule has 1 saturated heterocycles. The highest BCUT2D eigenvalue weighted by Gasteiger charge is 2.53. The van der Waals surface area contributed by atoms with Crippen molar-refractivity contribution in [2.75, 3.05) is 0 Å². The van der Waals surface area contributed by atoms with E-state index in [1.807, 2.05) is 35.2 Å². The zero-order valence-corrected chi connectivity index (χ0v) is 18.0. The highest BCUT2D eigenvalue weighted by molar-refractivity contribution is 14.1. The number of hydrogen-bond donors (Lipinski definition) is 0. The molecule has 4 heterocycles. The van der Waals surface area contributed by atoms with E-state index in [2.05, 4.69) is 27.2 Å². The molecular weight excluding hydrogens is 483 g/mol. The van der Waals surface area contributed by atoms with Crippen LogP contribution in [0.1, 0.15) is 53.5 Å². The van der Waals surface area contributed by atoms with Gasteiger partial charge in [0.25, 0.3) is 5.91 Å². The van der Waals surface area contributed by atoms with Crippen LogP contribution >= 0.6 is 22.6 Å². The first-order valence-electron chi connectivity index (χ1n) is 10.2. The minimum absolute atomic E-state index is 0.0642. The molecule has 150 valence electrons. The topological polar surface area (TPSA) is 60.8 Å². The molecule has 6 nitrogen and oxygen atoms in total. The van der Waals surface area contributed by atoms with Gasteiger partial charge in [0.05, 0.1) is 15.7 Å². The van der Waals surface area contributed by atoms with E-state index in [-0.39, 0.29) is 48.1 Å². The molecular formula is C22H21IN2O4. The van der Waals surface area contributed by atoms with Crippen LogP contribution in [-0.2, 0) is 17.8 Å². The zero-order valence-electron chi connectivity index (χ0n) is 15.8. The van der Waals surface area contributed by atoms with Gasteiger partial charge >= 0.3 is 0 Å². The van der Waals surface area contributed by atoms with Crippen LogP contribution in [-0.4, -0.2) is 33.7 Å². The molecule has 0 spiro atoms. The lowest BCUT2D eigenvalue weighted by atomic mass is 10.0. The molecule has 3 aliphatic heterocycles. The van der Waals surface area contributed by atoms with Crippen molar-refractivity contribution in [3.05, 3.63) is 61.1 Å². The third-order valence-corrected chi connectivity index (χ3v) is 7.88. The fraction of sp³-hybridized carbons (Fsp3) is 0.455. The van der Waals surface area contributed by atoms with E-state index in [1.54, 1.807) is 0 Å². The van der Waals surface area contributed by atoms with Gasteiger partial charge in [0, 0.05) is 11.7 Å². The van der Waals surface area contributed by atoms with Gasteiger partial charge in [-0.1, -0.05) is 30.3 Å². The number of halogens is 1. The molecule has 1 aromatic carbocycles. The van der Waals surface area contributed by atoms with Gasteiger partial charge < -0.3 is 18.9 Å². The Morgan fingerprint density at radius 3 is 2.79 bits per heavy atom. The molecule has 1 saturated carbocycles. The molecule has 4 aliphatic rings. The number of amides is 1. The second kappa shape index (κ2) is 6.57. The molecule has 6 rings (SSSR count). The molecule has 1 aliphatic carbocycles. The monoisotopic (exact) mass is 504 g/mol. The first-order valence-corrected chi connectivity index (χ1v) is 11.3. The molecule has 2 bridgehead atoms. The summed E-state index contributed by atoms with van der Waals surface area (Å²) >= 11 is 2.11. The van der Waals surface area contributed by atoms with Crippen LogP contribution in [0.3, 0.4) is 0 Å². The molecule has 1 aromatic heterocycles. The second-order valence-corrected chi connectivity index (χ2v) is 9.42. The van der Waals surface area contributed by atoms with Gasteiger partial charge in [-0.15, -0.1) is 0 Å². The van der Waals surface area contributed by atoms with Crippen molar-refractivity contribution in [1.82, 2.24) is 9.47 Å². The van der Waals surface area contributed by atoms with E-state index in [4.69, 9.17) is 9.47 Å². The van der Waals surface area contributed by atoms with Gasteiger partial charge in [0.15, 0.2) is 17.7 Å². The maximum atomic E-state index is 13.7. The van der Waals surface area contributed by atoms with Crippen LogP contribution in [0, 0.1) is 3.57 Å². The fourth-order valence-corrected chi connectivity index (χ4v) is 6.25. The number of ether oxygens (including phenoxy) is 2. The van der Waals surface area contributed by atoms with Crippen molar-refractivity contribution in [3.8, 4) is 5.75 Å². The summed E-state index contributed by atoms with van der Waals surface area (Å²) in [5.41, 5.74) is 2.18. The van der Waals surface area contributed by atoms with Gasteiger partial charge in [-0.05, 0) is 60.3 Å². The van der Waals surface area contributed by atoms with Gasteiger partial charge in [-0.2, -0.15) is 0 Å². The lowest BCUT2D eigenvalue weighted by Crippen LogP contribution is -2.58. The summed E-state index contributed by atoms with van der Waals surface area (Å²) in [6.45, 7) is 0.266. The SMILES string of the molecule is O=C1c2c(OCc3ccccc3)c(=O)c(I)c3n2C(CC3)C2OC3CCC(C3)N12. The van der Waals surface area contributed by atoms with Crippen molar-refractivity contribution < 1.29 is 14.3 Å². The van der Waals surface area contributed by atoms with E-state index < -0.39 is 0 Å². The largest absolute Gasteiger partial charge is 0.483 e. The Morgan fingerprint density at radius 2 is 1.97 bits per heavy atom. The minimum atomic E-state index is -0.220. The van der Waals surface area contributed by atoms with Gasteiger partial charge in [-0.3, -0.25) is 9.59 Å². The molecule has 0 radical (unpaired) electrons. The smallest absolute Gasteiger partial charge is 0.276 e. The number of fused-ring (bicyclic) bond motifs is 5. The first-order chi connectivity index (χ1) is 14.1. The van der Waals surface area contributed by atoms with E-state index in [0.29, 0.717) is 9.26 Å². The van der Waals surface area contributed by atoms with Crippen LogP contribution in [0.2, 0.25) is 0 Å². The summed E-state index contributed by atoms with van der Waals surface area (Å²) < 4.78 is 15.1. The van der Waals surface area contributed by atoms with Crippen LogP contribution in [0.5, 0.6) is 5.75 Å². The number of carbonyl (C=O) groups excluding carboxylic acids is 1. The van der Waals surface area contributed by atoms with Crippen LogP contribution in [0.15, 0.2) is 35.1 Å². The van der Waals surface area contributed by atoms with Gasteiger partial charge in [0.1, 0.15) is 6.61 Å². The highest BCUT2D eigenvalue weighted by Crippen LogP contribution is 2.47. The van der Waals surface area contributed by atoms with Crippen molar-refractivity contribution in [1.29, 1.82) is 0 Å². The number of hydrogen-bond acceptors (Lipinski definition) is 4. The van der Waals surface area contributed by atoms with Crippen LogP contribution in [0.25, 0.3) is 0 Å². The van der Waals surface area contributed by atoms with E-state index in [9.17, 15) is 9.59 Å². The Labute approximate surface area is 181 Å². The average molecular weight is 504 g/mol. The Morgan fingerprint density at radius 1 is 1.14 bits per heavy atom. The standard InChI is InChI=1S/C22H21IN2O4/c23-17-15-8-9-16-22-24(13-6-7-14(10-13)29-22)21(27)18(25(15)16)20(19(17)26)28-11-12-4-2-1-3-5-12/h1-5,13-14,16,22H,6-11H2. The summed E-state index contributed by atoms with van der Waals surface area (Å²) in [5.74, 6) is 0.0776. The summed E-state index contributed by atoms with van der Waals surface area (Å²) in [5, 5.41) is 0. The predicted octanol–water partition coefficient (Wildman–Crippen LogP) is 3.25. The molecule has 1 amide bonds. The molecule has 4 atom stereocenters. The number of aromatic nitrogens is 1. The normalized spacial score (nSPS) is 29.0. The third kappa shape index (κ3) is 2.56. The maximum absolute atomic E-state index is 13.7. The van der Waals surface area contributed by atoms with Crippen molar-refractivity contribution >= 4 is 28.5 Å². The summed E-state index contributed by atoms with van der Waals surface area (Å²) in [6.07, 6.45) is 4.60. The quantitative estimate of drug-likeness (QED) is 0.603. The Kier molecular flexibility index (Phi) is 4.06. The summed E-state index contributed by atoms with van der Waals surface area (Å²) in [4.78, 5) is 28.8. The van der Waals surface area contributed by atoms with Gasteiger partial charge in [0.2, 0.25) is 5.43 Å². The maximum Gasteiger partial charge on any atom is 0.276 e. The van der Waals surface area contributed by atoms with Gasteiger partial charge in [-0.25, -0.2) is 0 Å². The van der Waals surface area contributed by atoms with E-state index in [0.717, 1.165) is 43.4 Å². The van der Waals surface area contributed by atoms with Crippen molar-refractivity contribution in [2.24, 2.45) is 0 Å². The Hall–Kier alpha value is -1.87. The first kappa shape index (κ1) is 17.9. The number of rotatable bonds is 3. The summed E-state index contributed by atoms with van der Waals surface area (Å²) in [6, 6.07) is 10.0. The fourth-order valence-electron chi connectivity index (χ4n) is 5.48. The predicted molar refractivity (Wildman–Crippen MR) is 114 cm³/mol.